The van der Waals surface area contributed by atoms with Gasteiger partial charge >= 0.3 is 0 Å². The Morgan fingerprint density at radius 1 is 0.885 bits per heavy atom. The molecule has 0 amide bonds. The van der Waals surface area contributed by atoms with Gasteiger partial charge in [0.1, 0.15) is 4.91 Å². The van der Waals surface area contributed by atoms with Crippen molar-refractivity contribution in [3.63, 3.8) is 0 Å². The average molecular weight is 432 g/mol. The second-order valence-corrected chi connectivity index (χ2v) is 10.4. The van der Waals surface area contributed by atoms with Gasteiger partial charge in [0.05, 0.1) is 20.8 Å². The van der Waals surface area contributed by atoms with Crippen LogP contribution in [-0.4, -0.2) is 24.7 Å². The minimum absolute atomic E-state index is 0.104. The van der Waals surface area contributed by atoms with E-state index in [1.165, 1.54) is 42.7 Å². The molecule has 0 unspecified atom stereocenters. The summed E-state index contributed by atoms with van der Waals surface area (Å²) in [4.78, 5) is 11.6. The number of hydrogen-bond acceptors (Lipinski definition) is 5. The molecule has 0 bridgehead atoms. The summed E-state index contributed by atoms with van der Waals surface area (Å²) in [6.45, 7) is 1.11. The van der Waals surface area contributed by atoms with Gasteiger partial charge in [0.2, 0.25) is 9.84 Å². The average Bonchev–Trinajstić information content (AvgIpc) is 2.55. The van der Waals surface area contributed by atoms with Crippen molar-refractivity contribution < 1.29 is 17.4 Å². The molecule has 0 aliphatic carbocycles. The summed E-state index contributed by atoms with van der Waals surface area (Å²) in [6.07, 6.45) is 2.20. The van der Waals surface area contributed by atoms with Gasteiger partial charge in [-0.25, -0.2) is 17.0 Å². The molecule has 9 heteroatoms. The Labute approximate surface area is 162 Å². The molecule has 0 saturated carbocycles. The predicted octanol–water partition coefficient (Wildman–Crippen LogP) is 4.35. The summed E-state index contributed by atoms with van der Waals surface area (Å²) >= 11 is 11.6. The van der Waals surface area contributed by atoms with Gasteiger partial charge < -0.3 is 0 Å². The van der Waals surface area contributed by atoms with Crippen molar-refractivity contribution >= 4 is 48.6 Å². The van der Waals surface area contributed by atoms with Crippen LogP contribution in [0.15, 0.2) is 73.8 Å². The van der Waals surface area contributed by atoms with E-state index in [0.29, 0.717) is 14.9 Å². The molecule has 26 heavy (non-hydrogen) atoms. The van der Waals surface area contributed by atoms with Crippen LogP contribution in [0.1, 0.15) is 6.92 Å². The van der Waals surface area contributed by atoms with Crippen molar-refractivity contribution in [3.8, 4) is 0 Å². The summed E-state index contributed by atoms with van der Waals surface area (Å²) in [5, 5.41) is 0.829. The molecular weight excluding hydrogens is 417 g/mol. The maximum atomic E-state index is 12.8. The number of Topliss-reactive ketones (excluding diaryl/α,β-unsaturated/α-hetero) is 1. The van der Waals surface area contributed by atoms with Crippen LogP contribution >= 0.6 is 23.2 Å². The number of halogens is 2. The molecule has 1 atom stereocenters. The lowest BCUT2D eigenvalue weighted by atomic mass is 10.4. The first-order valence-corrected chi connectivity index (χ1v) is 11.4. The predicted molar refractivity (Wildman–Crippen MR) is 104 cm³/mol. The van der Waals surface area contributed by atoms with E-state index in [1.807, 2.05) is 0 Å². The van der Waals surface area contributed by atoms with E-state index in [0.717, 1.165) is 13.1 Å². The molecule has 0 fully saturated rings. The van der Waals surface area contributed by atoms with Gasteiger partial charge in [-0.2, -0.15) is 0 Å². The molecule has 5 nitrogen and oxygen atoms in total. The summed E-state index contributed by atoms with van der Waals surface area (Å²) in [5.74, 6) is -0.713. The smallest absolute Gasteiger partial charge is 0.211 e. The Morgan fingerprint density at radius 2 is 1.31 bits per heavy atom. The van der Waals surface area contributed by atoms with Crippen LogP contribution in [-0.2, 0) is 24.4 Å². The number of hydrogen-bond donors (Lipinski definition) is 0. The van der Waals surface area contributed by atoms with E-state index in [4.69, 9.17) is 23.2 Å². The fourth-order valence-electron chi connectivity index (χ4n) is 1.99. The summed E-state index contributed by atoms with van der Waals surface area (Å²) in [7, 11) is -7.07. The van der Waals surface area contributed by atoms with Gasteiger partial charge in [-0.1, -0.05) is 23.2 Å². The third kappa shape index (κ3) is 4.73. The lowest BCUT2D eigenvalue weighted by Crippen LogP contribution is -2.11. The maximum absolute atomic E-state index is 12.8. The van der Waals surface area contributed by atoms with E-state index in [2.05, 4.69) is 4.36 Å². The van der Waals surface area contributed by atoms with Gasteiger partial charge in [-0.05, 0) is 55.5 Å². The number of carbonyl (C=O) groups excluding carboxylic acids is 1. The van der Waals surface area contributed by atoms with Gasteiger partial charge in [0.15, 0.2) is 5.78 Å². The normalized spacial score (nSPS) is 14.5. The first kappa shape index (κ1) is 20.6. The molecule has 0 saturated heterocycles. The molecule has 2 rings (SSSR count). The van der Waals surface area contributed by atoms with Gasteiger partial charge in [0.25, 0.3) is 0 Å². The lowest BCUT2D eigenvalue weighted by molar-refractivity contribution is -0.113. The van der Waals surface area contributed by atoms with Crippen molar-refractivity contribution in [3.05, 3.63) is 69.7 Å². The molecule has 0 aromatic heterocycles. The number of sulfone groups is 1. The Bertz CT molecular complexity index is 1080. The highest BCUT2D eigenvalue weighted by Crippen LogP contribution is 2.23. The quantitative estimate of drug-likeness (QED) is 0.658. The fraction of sp³-hybridized carbons (Fsp3) is 0.118. The van der Waals surface area contributed by atoms with Crippen molar-refractivity contribution in [2.45, 2.75) is 16.7 Å². The zero-order chi connectivity index (χ0) is 19.5. The van der Waals surface area contributed by atoms with Crippen LogP contribution in [0.2, 0.25) is 10.0 Å². The summed E-state index contributed by atoms with van der Waals surface area (Å²) in [6, 6.07) is 11.5. The molecule has 2 aromatic rings. The monoisotopic (exact) mass is 431 g/mol. The molecule has 0 heterocycles. The van der Waals surface area contributed by atoms with E-state index in [1.54, 1.807) is 12.1 Å². The highest BCUT2D eigenvalue weighted by molar-refractivity contribution is 7.96. The molecule has 138 valence electrons. The van der Waals surface area contributed by atoms with Crippen LogP contribution in [0.3, 0.4) is 0 Å². The second-order valence-electron chi connectivity index (χ2n) is 5.37. The maximum Gasteiger partial charge on any atom is 0.211 e. The van der Waals surface area contributed by atoms with Crippen molar-refractivity contribution in [2.75, 3.05) is 6.26 Å². The van der Waals surface area contributed by atoms with Crippen LogP contribution < -0.4 is 0 Å². The molecule has 0 aliphatic heterocycles. The molecule has 2 aromatic carbocycles. The van der Waals surface area contributed by atoms with Gasteiger partial charge in [0, 0.05) is 21.2 Å². The highest BCUT2D eigenvalue weighted by Gasteiger charge is 2.24. The van der Waals surface area contributed by atoms with Gasteiger partial charge in [-0.15, -0.1) is 0 Å². The van der Waals surface area contributed by atoms with Crippen LogP contribution in [0.25, 0.3) is 0 Å². The van der Waals surface area contributed by atoms with E-state index in [-0.39, 0.29) is 4.90 Å². The van der Waals surface area contributed by atoms with Crippen LogP contribution in [0.5, 0.6) is 0 Å². The molecule has 0 N–H and O–H groups in total. The zero-order valence-corrected chi connectivity index (χ0v) is 17.0. The molecular formula is C17H15Cl2NO4S2. The Kier molecular flexibility index (Phi) is 6.29. The molecule has 0 spiro atoms. The number of rotatable bonds is 5. The van der Waals surface area contributed by atoms with Gasteiger partial charge in [-0.3, -0.25) is 4.79 Å². The third-order valence-electron chi connectivity index (χ3n) is 3.38. The Balaban J connectivity index is 2.56. The topological polar surface area (TPSA) is 80.6 Å². The lowest BCUT2D eigenvalue weighted by Gasteiger charge is -2.07. The summed E-state index contributed by atoms with van der Waals surface area (Å²) < 4.78 is 42.0. The second kappa shape index (κ2) is 7.92. The van der Waals surface area contributed by atoms with Crippen molar-refractivity contribution in [1.82, 2.24) is 0 Å². The van der Waals surface area contributed by atoms with Crippen molar-refractivity contribution in [2.24, 2.45) is 4.36 Å². The van der Waals surface area contributed by atoms with E-state index < -0.39 is 30.3 Å². The first-order chi connectivity index (χ1) is 12.0. The highest BCUT2D eigenvalue weighted by atomic mass is 35.5. The standard InChI is InChI=1S/C17H15Cl2NO4S2/c1-12(21)17(26(23,24)16-9-5-14(19)6-10-16)11-20-25(2,22)15-7-3-13(18)4-8-15/h3-11H,1-2H3/b17-11+/t25-/m1/s1. The van der Waals surface area contributed by atoms with E-state index in [9.17, 15) is 17.4 Å². The van der Waals surface area contributed by atoms with E-state index >= 15 is 0 Å². The fourth-order valence-corrected chi connectivity index (χ4v) is 4.69. The van der Waals surface area contributed by atoms with Crippen LogP contribution in [0.4, 0.5) is 0 Å². The number of allylic oxidation sites excluding steroid dienone is 1. The number of carbonyl (C=O) groups is 1. The number of nitrogens with zero attached hydrogens (tertiary/aromatic N) is 1. The zero-order valence-electron chi connectivity index (χ0n) is 13.8. The van der Waals surface area contributed by atoms with Crippen molar-refractivity contribution in [1.29, 1.82) is 0 Å². The minimum Gasteiger partial charge on any atom is -0.294 e. The number of benzene rings is 2. The minimum atomic E-state index is -4.12. The first-order valence-electron chi connectivity index (χ1n) is 7.22. The van der Waals surface area contributed by atoms with Crippen LogP contribution in [0, 0.1) is 0 Å². The third-order valence-corrected chi connectivity index (χ3v) is 7.41. The number of ketones is 1. The SMILES string of the molecule is CC(=O)/C(=C\N=[S@](C)(=O)c1ccc(Cl)cc1)S(=O)(=O)c1ccc(Cl)cc1. The molecule has 0 radical (unpaired) electrons. The Morgan fingerprint density at radius 3 is 1.73 bits per heavy atom. The summed E-state index contributed by atoms with van der Waals surface area (Å²) in [5.41, 5.74) is 0. The Hall–Kier alpha value is -1.67. The largest absolute Gasteiger partial charge is 0.294 e. The molecule has 0 aliphatic rings.